The van der Waals surface area contributed by atoms with Gasteiger partial charge in [0.1, 0.15) is 0 Å². The van der Waals surface area contributed by atoms with Crippen molar-refractivity contribution in [1.29, 1.82) is 0 Å². The fourth-order valence-electron chi connectivity index (χ4n) is 8.65. The molecule has 7 nitrogen and oxygen atoms in total. The first-order valence-corrected chi connectivity index (χ1v) is 22.7. The van der Waals surface area contributed by atoms with Crippen LogP contribution in [0.4, 0.5) is 11.5 Å². The zero-order valence-electron chi connectivity index (χ0n) is 46.3. The topological polar surface area (TPSA) is 53.0 Å². The summed E-state index contributed by atoms with van der Waals surface area (Å²) in [5.74, 6) is 1.54. The fourth-order valence-corrected chi connectivity index (χ4v) is 9.72. The van der Waals surface area contributed by atoms with Gasteiger partial charge in [0.15, 0.2) is 0 Å². The van der Waals surface area contributed by atoms with Gasteiger partial charge in [0.25, 0.3) is 0 Å². The fraction of sp³-hybridized carbons (Fsp3) is 0.105. The van der Waals surface area contributed by atoms with Crippen LogP contribution in [0.2, 0.25) is 6.32 Å². The summed E-state index contributed by atoms with van der Waals surface area (Å²) in [5, 5.41) is 5.19. The van der Waals surface area contributed by atoms with Gasteiger partial charge in [0.05, 0.1) is 5.69 Å². The average Bonchev–Trinajstić information content (AvgIpc) is 4.04. The standard InChI is InChI=1S/C57H45BN6O.Pt/c1-5-58-63(55-35-43(33-34-59-55)57(2,3)4)53-37-46(31-32-49(53)54-38-50(60-64(54)58)42-23-13-8-14-24-42)65-45-26-17-25-44(36-45)61-39-62(52-30-16-15-29-51(52)61)56-47(40-19-9-6-10-20-40)27-18-28-48(56)41-21-11-7-12-22-41;/h6-35,38H,5H2,1-4H3;/q-2;/i6D,7D,9D,10D,11D,12D,19D,20D,21D,22D;. The predicted molar refractivity (Wildman–Crippen MR) is 264 cm³/mol. The number of ether oxygens (including phenoxy) is 1. The van der Waals surface area contributed by atoms with Crippen LogP contribution < -0.4 is 9.55 Å². The predicted octanol–water partition coefficient (Wildman–Crippen LogP) is 14.0. The summed E-state index contributed by atoms with van der Waals surface area (Å²) < 4.78 is 101. The first kappa shape index (κ1) is 31.6. The molecule has 324 valence electrons. The number of imidazole rings is 1. The van der Waals surface area contributed by atoms with Gasteiger partial charge in [-0.15, -0.1) is 0 Å². The number of anilines is 2. The molecule has 0 fully saturated rings. The van der Waals surface area contributed by atoms with Crippen molar-refractivity contribution in [1.82, 2.24) is 23.8 Å². The summed E-state index contributed by atoms with van der Waals surface area (Å²) in [4.78, 5) is 7.12. The van der Waals surface area contributed by atoms with Crippen molar-refractivity contribution in [3.8, 4) is 67.6 Å². The Morgan fingerprint density at radius 3 is 2.00 bits per heavy atom. The third kappa shape index (κ3) is 7.36. The summed E-state index contributed by atoms with van der Waals surface area (Å²) in [5.41, 5.74) is 7.58. The normalized spacial score (nSPS) is 14.5. The van der Waals surface area contributed by atoms with Crippen molar-refractivity contribution >= 4 is 29.5 Å². The number of hydrogen-bond donors (Lipinski definition) is 0. The number of pyridine rings is 1. The van der Waals surface area contributed by atoms with E-state index in [-0.39, 0.29) is 40.3 Å². The van der Waals surface area contributed by atoms with Gasteiger partial charge < -0.3 is 0 Å². The van der Waals surface area contributed by atoms with Gasteiger partial charge in [-0.05, 0) is 17.0 Å². The number of benzene rings is 7. The molecular formula is C57H45BN6OPt-2. The van der Waals surface area contributed by atoms with Gasteiger partial charge in [-0.2, -0.15) is 5.10 Å². The SMILES string of the molecule is [2H]c1c([2H])c([2H])c(-c2cccc(-c3c([2H])c([2H])c([2H])c([2H])c3[2H])c2-n2[c](=[Pt])n(-c3[c-]c(Oc4[c-]c5c(cc4)-c4cc(-c6ccccc6)nn4B(CC)N5c4cc(C(C)(C)C)ccn4)ccc3)c3ccccc32)c([2H])c1[2H]. The Balaban J connectivity index is 1.08. The van der Waals surface area contributed by atoms with Gasteiger partial charge in [-0.25, -0.2) is 0 Å². The van der Waals surface area contributed by atoms with Crippen molar-refractivity contribution in [2.75, 3.05) is 4.81 Å². The van der Waals surface area contributed by atoms with E-state index in [4.69, 9.17) is 28.5 Å². The first-order valence-electron chi connectivity index (χ1n) is 26.5. The van der Waals surface area contributed by atoms with Crippen LogP contribution >= 0.6 is 0 Å². The molecule has 10 aromatic rings. The number of nitrogens with zero attached hydrogens (tertiary/aromatic N) is 6. The molecule has 0 saturated heterocycles. The molecule has 0 radical (unpaired) electrons. The Labute approximate surface area is 410 Å². The molecule has 66 heavy (non-hydrogen) atoms. The summed E-state index contributed by atoms with van der Waals surface area (Å²) >= 11 is 2.15. The molecule has 0 aliphatic carbocycles. The number of hydrogen-bond acceptors (Lipinski definition) is 4. The second kappa shape index (κ2) is 16.9. The van der Waals surface area contributed by atoms with E-state index in [0.717, 1.165) is 39.6 Å². The zero-order chi connectivity index (χ0) is 53.6. The number of para-hydroxylation sites is 3. The first-order chi connectivity index (χ1) is 36.4. The van der Waals surface area contributed by atoms with Crippen LogP contribution in [0.1, 0.15) is 47.0 Å². The van der Waals surface area contributed by atoms with E-state index in [1.165, 1.54) is 0 Å². The molecule has 0 bridgehead atoms. The van der Waals surface area contributed by atoms with Crippen LogP contribution in [0.25, 0.3) is 67.2 Å². The van der Waals surface area contributed by atoms with E-state index in [9.17, 15) is 0 Å². The quantitative estimate of drug-likeness (QED) is 0.107. The van der Waals surface area contributed by atoms with Gasteiger partial charge >= 0.3 is 315 Å². The minimum atomic E-state index is -0.568. The average molecular weight is 1050 g/mol. The Bertz CT molecular complexity index is 3930. The van der Waals surface area contributed by atoms with Crippen LogP contribution in [0.3, 0.4) is 0 Å². The second-order valence-electron chi connectivity index (χ2n) is 16.8. The maximum absolute atomic E-state index is 9.10. The van der Waals surface area contributed by atoms with E-state index in [1.807, 2.05) is 88.1 Å². The molecule has 0 N–H and O–H groups in total. The molecular weight excluding hydrogens is 991 g/mol. The third-order valence-corrected chi connectivity index (χ3v) is 12.8. The molecule has 4 heterocycles. The van der Waals surface area contributed by atoms with Crippen LogP contribution in [0.15, 0.2) is 188 Å². The van der Waals surface area contributed by atoms with Gasteiger partial charge in [-0.1, -0.05) is 58.0 Å². The van der Waals surface area contributed by atoms with Crippen molar-refractivity contribution in [3.63, 3.8) is 0 Å². The van der Waals surface area contributed by atoms with Crippen molar-refractivity contribution in [2.45, 2.75) is 39.4 Å². The monoisotopic (exact) mass is 1050 g/mol. The Morgan fingerprint density at radius 1 is 0.667 bits per heavy atom. The van der Waals surface area contributed by atoms with Crippen LogP contribution in [-0.4, -0.2) is 30.8 Å². The number of aromatic nitrogens is 5. The Kier molecular flexibility index (Phi) is 8.10. The molecule has 1 aliphatic rings. The van der Waals surface area contributed by atoms with Crippen LogP contribution in [0.5, 0.6) is 11.5 Å². The molecule has 11 rings (SSSR count). The molecule has 0 unspecified atom stereocenters. The molecule has 0 amide bonds. The number of fused-ring (bicyclic) bond motifs is 4. The minimum absolute atomic E-state index is 0.124. The summed E-state index contributed by atoms with van der Waals surface area (Å²) in [6, 6.07) is 40.0. The molecule has 1 aliphatic heterocycles. The maximum atomic E-state index is 9.10. The summed E-state index contributed by atoms with van der Waals surface area (Å²) in [6.45, 7) is 8.40. The van der Waals surface area contributed by atoms with Crippen molar-refractivity contribution in [3.05, 3.63) is 209 Å². The molecule has 7 aromatic carbocycles. The van der Waals surface area contributed by atoms with E-state index in [0.29, 0.717) is 38.3 Å². The third-order valence-electron chi connectivity index (χ3n) is 11.7. The molecule has 0 saturated carbocycles. The molecule has 0 atom stereocenters. The Morgan fingerprint density at radius 2 is 1.32 bits per heavy atom. The molecule has 0 spiro atoms. The van der Waals surface area contributed by atoms with Crippen LogP contribution in [0, 0.1) is 15.9 Å². The number of rotatable bonds is 9. The van der Waals surface area contributed by atoms with E-state index in [2.05, 4.69) is 92.9 Å². The summed E-state index contributed by atoms with van der Waals surface area (Å²) in [6.07, 6.45) is 2.54. The van der Waals surface area contributed by atoms with Gasteiger partial charge in [0.2, 0.25) is 0 Å². The van der Waals surface area contributed by atoms with E-state index >= 15 is 0 Å². The second-order valence-corrected chi connectivity index (χ2v) is 17.8. The zero-order valence-corrected chi connectivity index (χ0v) is 38.6. The van der Waals surface area contributed by atoms with E-state index < -0.39 is 60.4 Å². The van der Waals surface area contributed by atoms with Crippen molar-refractivity contribution < 1.29 is 37.8 Å². The molecule has 3 aromatic heterocycles. The van der Waals surface area contributed by atoms with Gasteiger partial charge in [0, 0.05) is 11.8 Å². The van der Waals surface area contributed by atoms with Crippen molar-refractivity contribution in [2.24, 2.45) is 0 Å². The Hall–Kier alpha value is -7.28. The van der Waals surface area contributed by atoms with Crippen LogP contribution in [-0.2, 0) is 24.8 Å². The van der Waals surface area contributed by atoms with E-state index in [1.54, 1.807) is 24.3 Å². The molecule has 9 heteroatoms. The van der Waals surface area contributed by atoms with Gasteiger partial charge in [-0.3, -0.25) is 0 Å². The summed E-state index contributed by atoms with van der Waals surface area (Å²) in [7, 11) is 0.